The van der Waals surface area contributed by atoms with Gasteiger partial charge < -0.3 is 15.4 Å². The van der Waals surface area contributed by atoms with Gasteiger partial charge in [0.15, 0.2) is 0 Å². The van der Waals surface area contributed by atoms with Gasteiger partial charge in [-0.25, -0.2) is 0 Å². The van der Waals surface area contributed by atoms with Crippen molar-refractivity contribution >= 4 is 11.6 Å². The zero-order chi connectivity index (χ0) is 15.8. The maximum Gasteiger partial charge on any atom is 0.244 e. The number of morpholine rings is 1. The number of hydrogen-bond acceptors (Lipinski definition) is 3. The van der Waals surface area contributed by atoms with Crippen LogP contribution in [0.1, 0.15) is 18.1 Å². The van der Waals surface area contributed by atoms with E-state index in [9.17, 15) is 4.79 Å². The molecule has 0 unspecified atom stereocenters. The van der Waals surface area contributed by atoms with Crippen LogP contribution < -0.4 is 10.6 Å². The first kappa shape index (κ1) is 14.4. The number of nitrogens with one attached hydrogen (secondary N) is 2. The molecule has 2 N–H and O–H groups in total. The van der Waals surface area contributed by atoms with Crippen LogP contribution in [0, 0.1) is 0 Å². The maximum atomic E-state index is 12.4. The van der Waals surface area contributed by atoms with E-state index in [1.807, 2.05) is 13.0 Å². The van der Waals surface area contributed by atoms with Crippen molar-refractivity contribution in [3.8, 4) is 11.1 Å². The average molecular weight is 308 g/mol. The largest absolute Gasteiger partial charge is 0.375 e. The monoisotopic (exact) mass is 308 g/mol. The number of carbonyl (C=O) groups excluding carboxylic acids is 1. The van der Waals surface area contributed by atoms with E-state index in [0.29, 0.717) is 13.2 Å². The van der Waals surface area contributed by atoms with Gasteiger partial charge in [-0.2, -0.15) is 0 Å². The summed E-state index contributed by atoms with van der Waals surface area (Å²) < 4.78 is 5.54. The number of fused-ring (bicyclic) bond motifs is 3. The third-order valence-electron chi connectivity index (χ3n) is 4.66. The Bertz CT molecular complexity index is 757. The predicted octanol–water partition coefficient (Wildman–Crippen LogP) is 2.57. The van der Waals surface area contributed by atoms with E-state index < -0.39 is 0 Å². The summed E-state index contributed by atoms with van der Waals surface area (Å²) in [5.74, 6) is -0.0346. The summed E-state index contributed by atoms with van der Waals surface area (Å²) in [7, 11) is 0. The van der Waals surface area contributed by atoms with Crippen LogP contribution in [-0.2, 0) is 16.0 Å². The molecule has 118 valence electrons. The fraction of sp³-hybridized carbons (Fsp3) is 0.316. The van der Waals surface area contributed by atoms with Gasteiger partial charge in [0.25, 0.3) is 0 Å². The third-order valence-corrected chi connectivity index (χ3v) is 4.66. The molecule has 2 aliphatic rings. The lowest BCUT2D eigenvalue weighted by Gasteiger charge is -2.29. The molecule has 0 bridgehead atoms. The molecular formula is C19H20N2O2. The van der Waals surface area contributed by atoms with Gasteiger partial charge in [-0.05, 0) is 47.7 Å². The van der Waals surface area contributed by atoms with Gasteiger partial charge in [0.1, 0.15) is 6.04 Å². The van der Waals surface area contributed by atoms with E-state index in [4.69, 9.17) is 4.74 Å². The fourth-order valence-corrected chi connectivity index (χ4v) is 3.47. The molecule has 0 aromatic heterocycles. The van der Waals surface area contributed by atoms with Gasteiger partial charge in [-0.3, -0.25) is 4.79 Å². The van der Waals surface area contributed by atoms with Crippen LogP contribution in [-0.4, -0.2) is 31.2 Å². The van der Waals surface area contributed by atoms with Gasteiger partial charge in [-0.1, -0.05) is 30.3 Å². The van der Waals surface area contributed by atoms with Crippen molar-refractivity contribution in [2.24, 2.45) is 0 Å². The second-order valence-corrected chi connectivity index (χ2v) is 6.20. The van der Waals surface area contributed by atoms with Crippen molar-refractivity contribution in [2.75, 3.05) is 18.5 Å². The zero-order valence-electron chi connectivity index (χ0n) is 13.1. The first-order chi connectivity index (χ1) is 11.2. The Morgan fingerprint density at radius 3 is 2.87 bits per heavy atom. The second kappa shape index (κ2) is 5.80. The van der Waals surface area contributed by atoms with Gasteiger partial charge in [0.2, 0.25) is 5.91 Å². The van der Waals surface area contributed by atoms with Crippen LogP contribution in [0.5, 0.6) is 0 Å². The molecule has 0 saturated carbocycles. The smallest absolute Gasteiger partial charge is 0.244 e. The summed E-state index contributed by atoms with van der Waals surface area (Å²) in [6.07, 6.45) is 0.818. The predicted molar refractivity (Wildman–Crippen MR) is 90.5 cm³/mol. The molecule has 1 heterocycles. The summed E-state index contributed by atoms with van der Waals surface area (Å²) in [4.78, 5) is 12.4. The quantitative estimate of drug-likeness (QED) is 0.765. The SMILES string of the molecule is C[C@H]1OCCN[C@@H]1C(=O)Nc1ccc2c(c1)Cc1ccccc1-2. The lowest BCUT2D eigenvalue weighted by Crippen LogP contribution is -2.53. The Kier molecular flexibility index (Phi) is 3.63. The van der Waals surface area contributed by atoms with Gasteiger partial charge in [-0.15, -0.1) is 0 Å². The van der Waals surface area contributed by atoms with Crippen LogP contribution in [0.2, 0.25) is 0 Å². The van der Waals surface area contributed by atoms with E-state index in [1.54, 1.807) is 0 Å². The molecule has 4 heteroatoms. The highest BCUT2D eigenvalue weighted by Gasteiger charge is 2.28. The molecule has 0 radical (unpaired) electrons. The minimum absolute atomic E-state index is 0.0346. The number of amides is 1. The molecule has 2 atom stereocenters. The summed E-state index contributed by atoms with van der Waals surface area (Å²) in [6.45, 7) is 3.29. The van der Waals surface area contributed by atoms with Crippen molar-refractivity contribution in [3.63, 3.8) is 0 Å². The van der Waals surface area contributed by atoms with Crippen molar-refractivity contribution in [3.05, 3.63) is 53.6 Å². The number of carbonyl (C=O) groups is 1. The molecule has 2 aromatic rings. The van der Waals surface area contributed by atoms with Crippen molar-refractivity contribution < 1.29 is 9.53 Å². The van der Waals surface area contributed by atoms with E-state index >= 15 is 0 Å². The van der Waals surface area contributed by atoms with E-state index in [2.05, 4.69) is 47.0 Å². The van der Waals surface area contributed by atoms with Crippen molar-refractivity contribution in [2.45, 2.75) is 25.5 Å². The lowest BCUT2D eigenvalue weighted by atomic mass is 10.1. The Morgan fingerprint density at radius 1 is 1.17 bits per heavy atom. The minimum atomic E-state index is -0.297. The maximum absolute atomic E-state index is 12.4. The van der Waals surface area contributed by atoms with Gasteiger partial charge >= 0.3 is 0 Å². The Balaban J connectivity index is 1.53. The molecule has 1 aliphatic carbocycles. The third kappa shape index (κ3) is 2.64. The first-order valence-corrected chi connectivity index (χ1v) is 8.09. The lowest BCUT2D eigenvalue weighted by molar-refractivity contribution is -0.123. The molecule has 1 fully saturated rings. The Morgan fingerprint density at radius 2 is 2.00 bits per heavy atom. The highest BCUT2D eigenvalue weighted by molar-refractivity contribution is 5.96. The van der Waals surface area contributed by atoms with E-state index in [0.717, 1.165) is 12.1 Å². The van der Waals surface area contributed by atoms with Crippen molar-refractivity contribution in [1.82, 2.24) is 5.32 Å². The molecule has 2 aromatic carbocycles. The summed E-state index contributed by atoms with van der Waals surface area (Å²) in [5, 5.41) is 6.24. The summed E-state index contributed by atoms with van der Waals surface area (Å²) >= 11 is 0. The van der Waals surface area contributed by atoms with Crippen molar-refractivity contribution in [1.29, 1.82) is 0 Å². The summed E-state index contributed by atoms with van der Waals surface area (Å²) in [5.41, 5.74) is 6.04. The summed E-state index contributed by atoms with van der Waals surface area (Å²) in [6, 6.07) is 14.3. The number of ether oxygens (including phenoxy) is 1. The Hall–Kier alpha value is -2.17. The highest BCUT2D eigenvalue weighted by Crippen LogP contribution is 2.37. The molecule has 1 saturated heterocycles. The average Bonchev–Trinajstić information content (AvgIpc) is 2.92. The van der Waals surface area contributed by atoms with E-state index in [1.165, 1.54) is 22.3 Å². The molecule has 23 heavy (non-hydrogen) atoms. The van der Waals surface area contributed by atoms with Crippen LogP contribution >= 0.6 is 0 Å². The van der Waals surface area contributed by atoms with Crippen LogP contribution in [0.4, 0.5) is 5.69 Å². The van der Waals surface area contributed by atoms with Crippen LogP contribution in [0.25, 0.3) is 11.1 Å². The number of rotatable bonds is 2. The molecule has 4 nitrogen and oxygen atoms in total. The van der Waals surface area contributed by atoms with Gasteiger partial charge in [0, 0.05) is 12.2 Å². The zero-order valence-corrected chi connectivity index (χ0v) is 13.1. The number of benzene rings is 2. The minimum Gasteiger partial charge on any atom is -0.375 e. The topological polar surface area (TPSA) is 50.4 Å². The molecule has 4 rings (SSSR count). The number of anilines is 1. The highest BCUT2D eigenvalue weighted by atomic mass is 16.5. The van der Waals surface area contributed by atoms with Crippen LogP contribution in [0.3, 0.4) is 0 Å². The standard InChI is InChI=1S/C19H20N2O2/c1-12-18(20-8-9-23-12)19(22)21-15-6-7-17-14(11-15)10-13-4-2-3-5-16(13)17/h2-7,11-12,18,20H,8-10H2,1H3,(H,21,22)/t12-,18+/m1/s1. The second-order valence-electron chi connectivity index (χ2n) is 6.20. The van der Waals surface area contributed by atoms with Gasteiger partial charge in [0.05, 0.1) is 12.7 Å². The molecule has 1 aliphatic heterocycles. The first-order valence-electron chi connectivity index (χ1n) is 8.09. The Labute approximate surface area is 135 Å². The van der Waals surface area contributed by atoms with Crippen LogP contribution in [0.15, 0.2) is 42.5 Å². The van der Waals surface area contributed by atoms with E-state index in [-0.39, 0.29) is 18.1 Å². The molecular weight excluding hydrogens is 288 g/mol. The normalized spacial score (nSPS) is 22.3. The molecule has 1 amide bonds. The molecule has 0 spiro atoms. The number of hydrogen-bond donors (Lipinski definition) is 2. The fourth-order valence-electron chi connectivity index (χ4n) is 3.47.